The van der Waals surface area contributed by atoms with Gasteiger partial charge in [0.25, 0.3) is 0 Å². The largest absolute Gasteiger partial charge is 0.491 e. The van der Waals surface area contributed by atoms with Crippen LogP contribution in [0.25, 0.3) is 27.7 Å². The molecular formula is C33H32ClF2N5O3. The van der Waals surface area contributed by atoms with Gasteiger partial charge in [0, 0.05) is 42.9 Å². The Bertz CT molecular complexity index is 1890. The summed E-state index contributed by atoms with van der Waals surface area (Å²) in [5.74, 6) is -1.57. The number of anilines is 1. The van der Waals surface area contributed by atoms with Crippen molar-refractivity contribution < 1.29 is 18.3 Å². The van der Waals surface area contributed by atoms with Gasteiger partial charge in [-0.1, -0.05) is 50.2 Å². The first-order chi connectivity index (χ1) is 21.0. The van der Waals surface area contributed by atoms with Crippen LogP contribution >= 0.6 is 11.6 Å². The van der Waals surface area contributed by atoms with Gasteiger partial charge < -0.3 is 14.5 Å². The number of benzene rings is 2. The number of rotatable bonds is 4. The van der Waals surface area contributed by atoms with E-state index in [2.05, 4.69) is 16.5 Å². The highest BCUT2D eigenvalue weighted by Crippen LogP contribution is 2.48. The maximum absolute atomic E-state index is 17.3. The van der Waals surface area contributed by atoms with E-state index < -0.39 is 17.3 Å². The number of hydrogen-bond acceptors (Lipinski definition) is 6. The number of carbonyl (C=O) groups is 1. The van der Waals surface area contributed by atoms with Crippen LogP contribution in [0, 0.1) is 18.6 Å². The highest BCUT2D eigenvalue weighted by atomic mass is 35.5. The van der Waals surface area contributed by atoms with Crippen LogP contribution < -0.4 is 15.3 Å². The minimum atomic E-state index is -0.883. The first-order valence-electron chi connectivity index (χ1n) is 14.6. The van der Waals surface area contributed by atoms with Crippen LogP contribution in [0.15, 0.2) is 54.0 Å². The zero-order valence-electron chi connectivity index (χ0n) is 24.9. The second-order valence-electron chi connectivity index (χ2n) is 11.6. The van der Waals surface area contributed by atoms with Crippen molar-refractivity contribution >= 4 is 34.2 Å². The molecule has 1 fully saturated rings. The lowest BCUT2D eigenvalue weighted by molar-refractivity contribution is -0.129. The van der Waals surface area contributed by atoms with Crippen molar-refractivity contribution in [2.24, 2.45) is 0 Å². The van der Waals surface area contributed by atoms with Crippen LogP contribution in [0.3, 0.4) is 0 Å². The third-order valence-electron chi connectivity index (χ3n) is 8.49. The fourth-order valence-electron chi connectivity index (χ4n) is 6.37. The molecule has 1 amide bonds. The molecule has 4 heterocycles. The van der Waals surface area contributed by atoms with Crippen LogP contribution in [0.2, 0.25) is 5.02 Å². The van der Waals surface area contributed by atoms with Gasteiger partial charge in [0.05, 0.1) is 34.4 Å². The standard InChI is InChI=1S/C33H32ClF2N5O3/c1-6-23(42)39-16-20-12-14-44-31-25-30(27(36)24(26(31)34)21-9-7-8-10-22(21)35)41(29-18(4)11-13-37-28(29)17(2)3)33(43)38-32(25)40(20)15-19(39)5/h6-11,13,17,19-20H,1,12,14-16H2,2-5H3. The molecule has 8 nitrogen and oxygen atoms in total. The smallest absolute Gasteiger partial charge is 0.354 e. The molecule has 44 heavy (non-hydrogen) atoms. The number of hydrogen-bond donors (Lipinski definition) is 0. The molecule has 2 aliphatic rings. The second-order valence-corrected chi connectivity index (χ2v) is 12.0. The van der Waals surface area contributed by atoms with Crippen molar-refractivity contribution in [3.63, 3.8) is 0 Å². The van der Waals surface area contributed by atoms with Crippen molar-refractivity contribution in [3.8, 4) is 22.6 Å². The monoisotopic (exact) mass is 619 g/mol. The molecule has 1 saturated heterocycles. The molecule has 0 aliphatic carbocycles. The van der Waals surface area contributed by atoms with Gasteiger partial charge in [0.1, 0.15) is 17.2 Å². The number of carbonyl (C=O) groups excluding carboxylic acids is 1. The average molecular weight is 620 g/mol. The fraction of sp³-hybridized carbons (Fsp3) is 0.333. The predicted octanol–water partition coefficient (Wildman–Crippen LogP) is 6.19. The molecule has 4 aromatic rings. The average Bonchev–Trinajstić information content (AvgIpc) is 2.98. The number of aryl methyl sites for hydroxylation is 1. The number of ether oxygens (including phenoxy) is 1. The Morgan fingerprint density at radius 3 is 2.66 bits per heavy atom. The Morgan fingerprint density at radius 1 is 1.20 bits per heavy atom. The maximum Gasteiger partial charge on any atom is 0.354 e. The lowest BCUT2D eigenvalue weighted by Gasteiger charge is -2.46. The summed E-state index contributed by atoms with van der Waals surface area (Å²) >= 11 is 6.93. The SMILES string of the molecule is C=CC(=O)N1CC2CCOc3c(Cl)c(-c4ccccc4F)c(F)c4c3c(nc(=O)n4-c3c(C)ccnc3C(C)C)N2CC1C. The molecule has 2 atom stereocenters. The van der Waals surface area contributed by atoms with E-state index in [0.717, 1.165) is 0 Å². The molecule has 6 rings (SSSR count). The number of halogens is 3. The molecule has 0 bridgehead atoms. The van der Waals surface area contributed by atoms with Crippen molar-refractivity contribution in [2.75, 3.05) is 24.6 Å². The molecule has 2 unspecified atom stereocenters. The molecular weight excluding hydrogens is 588 g/mol. The van der Waals surface area contributed by atoms with Crippen molar-refractivity contribution in [1.82, 2.24) is 19.4 Å². The maximum atomic E-state index is 17.3. The molecule has 2 aromatic heterocycles. The lowest BCUT2D eigenvalue weighted by atomic mass is 9.98. The van der Waals surface area contributed by atoms with Gasteiger partial charge in [0.15, 0.2) is 11.6 Å². The summed E-state index contributed by atoms with van der Waals surface area (Å²) in [6.45, 7) is 12.0. The van der Waals surface area contributed by atoms with E-state index in [0.29, 0.717) is 36.5 Å². The molecule has 228 valence electrons. The van der Waals surface area contributed by atoms with E-state index in [-0.39, 0.29) is 69.1 Å². The first-order valence-corrected chi connectivity index (χ1v) is 14.9. The fourth-order valence-corrected chi connectivity index (χ4v) is 6.70. The highest BCUT2D eigenvalue weighted by molar-refractivity contribution is 6.36. The third kappa shape index (κ3) is 4.63. The zero-order valence-corrected chi connectivity index (χ0v) is 25.7. The minimum absolute atomic E-state index is 0.0637. The minimum Gasteiger partial charge on any atom is -0.491 e. The van der Waals surface area contributed by atoms with Gasteiger partial charge in [-0.15, -0.1) is 0 Å². The number of piperazine rings is 1. The number of fused-ring (bicyclic) bond motifs is 2. The van der Waals surface area contributed by atoms with Crippen molar-refractivity contribution in [2.45, 2.75) is 52.1 Å². The Hall–Kier alpha value is -4.31. The Balaban J connectivity index is 1.76. The quantitative estimate of drug-likeness (QED) is 0.254. The van der Waals surface area contributed by atoms with Crippen LogP contribution in [-0.2, 0) is 4.79 Å². The Morgan fingerprint density at radius 2 is 1.95 bits per heavy atom. The summed E-state index contributed by atoms with van der Waals surface area (Å²) in [6, 6.07) is 6.96. The van der Waals surface area contributed by atoms with E-state index in [9.17, 15) is 9.59 Å². The summed E-state index contributed by atoms with van der Waals surface area (Å²) in [5.41, 5.74) is 0.514. The van der Waals surface area contributed by atoms with Crippen molar-refractivity contribution in [3.05, 3.63) is 87.6 Å². The highest BCUT2D eigenvalue weighted by Gasteiger charge is 2.39. The normalized spacial score (nSPS) is 18.1. The van der Waals surface area contributed by atoms with Gasteiger partial charge in [-0.3, -0.25) is 14.3 Å². The van der Waals surface area contributed by atoms with Gasteiger partial charge >= 0.3 is 5.69 Å². The van der Waals surface area contributed by atoms with Gasteiger partial charge in [0.2, 0.25) is 5.91 Å². The molecule has 0 radical (unpaired) electrons. The number of pyridine rings is 1. The molecule has 0 N–H and O–H groups in total. The summed E-state index contributed by atoms with van der Waals surface area (Å²) in [6.07, 6.45) is 3.38. The van der Waals surface area contributed by atoms with Gasteiger partial charge in [-0.2, -0.15) is 4.98 Å². The second kappa shape index (κ2) is 11.3. The Kier molecular flexibility index (Phi) is 7.65. The first kappa shape index (κ1) is 29.7. The lowest BCUT2D eigenvalue weighted by Crippen LogP contribution is -2.60. The summed E-state index contributed by atoms with van der Waals surface area (Å²) in [5, 5.41) is 0.0813. The molecule has 0 spiro atoms. The van der Waals surface area contributed by atoms with E-state index in [4.69, 9.17) is 16.3 Å². The van der Waals surface area contributed by atoms with Crippen molar-refractivity contribution in [1.29, 1.82) is 0 Å². The van der Waals surface area contributed by atoms with E-state index in [1.165, 1.54) is 28.8 Å². The van der Waals surface area contributed by atoms with Crippen LogP contribution in [0.1, 0.15) is 44.4 Å². The number of aromatic nitrogens is 3. The van der Waals surface area contributed by atoms with E-state index >= 15 is 8.78 Å². The predicted molar refractivity (Wildman–Crippen MR) is 167 cm³/mol. The topological polar surface area (TPSA) is 80.6 Å². The van der Waals surface area contributed by atoms with E-state index in [1.54, 1.807) is 23.2 Å². The van der Waals surface area contributed by atoms with Crippen LogP contribution in [0.5, 0.6) is 5.75 Å². The number of amides is 1. The van der Waals surface area contributed by atoms with Crippen LogP contribution in [-0.4, -0.2) is 57.1 Å². The third-order valence-corrected chi connectivity index (χ3v) is 8.85. The number of nitrogens with zero attached hydrogens (tertiary/aromatic N) is 5. The summed E-state index contributed by atoms with van der Waals surface area (Å²) in [4.78, 5) is 39.6. The summed E-state index contributed by atoms with van der Waals surface area (Å²) < 4.78 is 40.0. The molecule has 2 aromatic carbocycles. The Labute approximate surface area is 258 Å². The molecule has 0 saturated carbocycles. The molecule has 2 aliphatic heterocycles. The van der Waals surface area contributed by atoms with Crippen LogP contribution in [0.4, 0.5) is 14.6 Å². The van der Waals surface area contributed by atoms with E-state index in [1.807, 2.05) is 32.6 Å². The van der Waals surface area contributed by atoms with Gasteiger partial charge in [-0.05, 0) is 43.5 Å². The van der Waals surface area contributed by atoms with Gasteiger partial charge in [-0.25, -0.2) is 13.6 Å². The molecule has 11 heteroatoms. The zero-order chi connectivity index (χ0) is 31.4. The summed E-state index contributed by atoms with van der Waals surface area (Å²) in [7, 11) is 0.